The highest BCUT2D eigenvalue weighted by Gasteiger charge is 2.45. The van der Waals surface area contributed by atoms with Gasteiger partial charge in [-0.3, -0.25) is 4.79 Å². The molecule has 2 rings (SSSR count). The maximum atomic E-state index is 12.3. The van der Waals surface area contributed by atoms with Gasteiger partial charge in [-0.25, -0.2) is 4.79 Å². The summed E-state index contributed by atoms with van der Waals surface area (Å²) in [5.41, 5.74) is 0. The number of hydrogen-bond acceptors (Lipinski definition) is 2. The highest BCUT2D eigenvalue weighted by molar-refractivity contribution is 5.80. The minimum Gasteiger partial charge on any atom is -0.481 e. The number of alkyl halides is 3. The molecular weight excluding hydrogens is 253 g/mol. The van der Waals surface area contributed by atoms with Gasteiger partial charge in [0.15, 0.2) is 0 Å². The normalized spacial score (nSPS) is 20.5. The van der Waals surface area contributed by atoms with Crippen molar-refractivity contribution >= 4 is 12.0 Å². The summed E-state index contributed by atoms with van der Waals surface area (Å²) in [5.74, 6) is -1.67. The molecule has 2 amide bonds. The van der Waals surface area contributed by atoms with Gasteiger partial charge in [-0.1, -0.05) is 0 Å². The Morgan fingerprint density at radius 1 is 1.28 bits per heavy atom. The topological polar surface area (TPSA) is 60.9 Å². The van der Waals surface area contributed by atoms with Crippen LogP contribution < -0.4 is 0 Å². The van der Waals surface area contributed by atoms with Crippen molar-refractivity contribution in [3.05, 3.63) is 0 Å². The van der Waals surface area contributed by atoms with Gasteiger partial charge in [-0.05, 0) is 12.8 Å². The minimum atomic E-state index is -4.42. The van der Waals surface area contributed by atoms with Crippen molar-refractivity contribution in [3.8, 4) is 0 Å². The van der Waals surface area contributed by atoms with E-state index in [0.29, 0.717) is 12.8 Å². The maximum absolute atomic E-state index is 12.3. The van der Waals surface area contributed by atoms with Gasteiger partial charge in [0.2, 0.25) is 0 Å². The summed E-state index contributed by atoms with van der Waals surface area (Å²) in [6, 6.07) is -1.05. The number of hydrogen-bond donors (Lipinski definition) is 1. The molecule has 0 aromatic carbocycles. The third-order valence-corrected chi connectivity index (χ3v) is 3.08. The number of carboxylic acids is 1. The molecule has 1 aliphatic carbocycles. The quantitative estimate of drug-likeness (QED) is 0.833. The van der Waals surface area contributed by atoms with E-state index in [2.05, 4.69) is 0 Å². The van der Waals surface area contributed by atoms with E-state index >= 15 is 0 Å². The number of likely N-dealkylation sites (tertiary alicyclic amines) is 1. The average Bonchev–Trinajstić information content (AvgIpc) is 2.92. The standard InChI is InChI=1S/C10H13F3N2O3/c11-10(12,13)5-15(7-1-2-7)9(18)14-3-6(4-14)8(16)17/h6-7H,1-5H2,(H,16,17). The molecule has 5 nitrogen and oxygen atoms in total. The van der Waals surface area contributed by atoms with E-state index in [4.69, 9.17) is 5.11 Å². The van der Waals surface area contributed by atoms with Gasteiger partial charge in [-0.15, -0.1) is 0 Å². The fourth-order valence-corrected chi connectivity index (χ4v) is 1.90. The van der Waals surface area contributed by atoms with E-state index < -0.39 is 30.6 Å². The molecule has 1 aliphatic heterocycles. The molecule has 2 aliphatic rings. The zero-order valence-electron chi connectivity index (χ0n) is 9.48. The summed E-state index contributed by atoms with van der Waals surface area (Å²) in [4.78, 5) is 24.3. The second-order valence-electron chi connectivity index (χ2n) is 4.70. The lowest BCUT2D eigenvalue weighted by Gasteiger charge is -2.40. The van der Waals surface area contributed by atoms with Crippen LogP contribution in [-0.4, -0.2) is 58.8 Å². The number of urea groups is 1. The molecule has 1 saturated carbocycles. The molecule has 0 atom stereocenters. The molecule has 2 fully saturated rings. The number of carbonyl (C=O) groups is 2. The summed E-state index contributed by atoms with van der Waals surface area (Å²) < 4.78 is 37.0. The minimum absolute atomic E-state index is 0.00472. The summed E-state index contributed by atoms with van der Waals surface area (Å²) >= 11 is 0. The van der Waals surface area contributed by atoms with E-state index in [0.717, 1.165) is 9.80 Å². The van der Waals surface area contributed by atoms with Crippen molar-refractivity contribution in [1.29, 1.82) is 0 Å². The molecule has 1 heterocycles. The number of halogens is 3. The second kappa shape index (κ2) is 4.33. The Balaban J connectivity index is 1.92. The van der Waals surface area contributed by atoms with Gasteiger partial charge in [0.05, 0.1) is 5.92 Å². The fraction of sp³-hybridized carbons (Fsp3) is 0.800. The van der Waals surface area contributed by atoms with E-state index in [-0.39, 0.29) is 19.1 Å². The predicted molar refractivity (Wildman–Crippen MR) is 53.9 cm³/mol. The molecule has 0 bridgehead atoms. The zero-order valence-corrected chi connectivity index (χ0v) is 9.48. The largest absolute Gasteiger partial charge is 0.481 e. The molecular formula is C10H13F3N2O3. The van der Waals surface area contributed by atoms with Gasteiger partial charge >= 0.3 is 18.2 Å². The number of aliphatic carboxylic acids is 1. The first-order valence-electron chi connectivity index (χ1n) is 5.63. The molecule has 0 aromatic rings. The zero-order chi connectivity index (χ0) is 13.5. The molecule has 0 aromatic heterocycles. The van der Waals surface area contributed by atoms with Crippen molar-refractivity contribution in [3.63, 3.8) is 0 Å². The van der Waals surface area contributed by atoms with Crippen LogP contribution in [0, 0.1) is 5.92 Å². The van der Waals surface area contributed by atoms with Crippen LogP contribution in [0.4, 0.5) is 18.0 Å². The molecule has 18 heavy (non-hydrogen) atoms. The summed E-state index contributed by atoms with van der Waals surface area (Å²) in [6.45, 7) is -1.27. The van der Waals surface area contributed by atoms with Crippen LogP contribution in [0.1, 0.15) is 12.8 Å². The molecule has 1 saturated heterocycles. The van der Waals surface area contributed by atoms with Gasteiger partial charge in [-0.2, -0.15) is 13.2 Å². The molecule has 0 unspecified atom stereocenters. The molecule has 102 valence electrons. The fourth-order valence-electron chi connectivity index (χ4n) is 1.90. The van der Waals surface area contributed by atoms with E-state index in [1.54, 1.807) is 0 Å². The first-order chi connectivity index (χ1) is 8.28. The van der Waals surface area contributed by atoms with Crippen LogP contribution in [0.25, 0.3) is 0 Å². The first-order valence-corrected chi connectivity index (χ1v) is 5.63. The van der Waals surface area contributed by atoms with E-state index in [1.807, 2.05) is 0 Å². The van der Waals surface area contributed by atoms with Crippen molar-refractivity contribution < 1.29 is 27.9 Å². The van der Waals surface area contributed by atoms with Gasteiger partial charge in [0.25, 0.3) is 0 Å². The van der Waals surface area contributed by atoms with Crippen LogP contribution in [0.3, 0.4) is 0 Å². The Morgan fingerprint density at radius 3 is 2.22 bits per heavy atom. The van der Waals surface area contributed by atoms with E-state index in [9.17, 15) is 22.8 Å². The lowest BCUT2D eigenvalue weighted by atomic mass is 10.0. The second-order valence-corrected chi connectivity index (χ2v) is 4.70. The van der Waals surface area contributed by atoms with Gasteiger partial charge < -0.3 is 14.9 Å². The Kier molecular flexibility index (Phi) is 3.12. The molecule has 8 heteroatoms. The lowest BCUT2D eigenvalue weighted by Crippen LogP contribution is -2.58. The van der Waals surface area contributed by atoms with Crippen molar-refractivity contribution in [2.24, 2.45) is 5.92 Å². The molecule has 1 N–H and O–H groups in total. The number of nitrogens with zero attached hydrogens (tertiary/aromatic N) is 2. The number of carboxylic acid groups (broad SMARTS) is 1. The number of rotatable bonds is 3. The van der Waals surface area contributed by atoms with Crippen molar-refractivity contribution in [2.75, 3.05) is 19.6 Å². The summed E-state index contributed by atoms with van der Waals surface area (Å²) in [6.07, 6.45) is -3.26. The highest BCUT2D eigenvalue weighted by atomic mass is 19.4. The smallest absolute Gasteiger partial charge is 0.406 e. The third kappa shape index (κ3) is 2.85. The lowest BCUT2D eigenvalue weighted by molar-refractivity contribution is -0.149. The Hall–Kier alpha value is -1.47. The van der Waals surface area contributed by atoms with E-state index in [1.165, 1.54) is 0 Å². The van der Waals surface area contributed by atoms with Crippen LogP contribution in [-0.2, 0) is 4.79 Å². The van der Waals surface area contributed by atoms with Crippen LogP contribution in [0.5, 0.6) is 0 Å². The Labute approximate surface area is 101 Å². The summed E-state index contributed by atoms with van der Waals surface area (Å²) in [7, 11) is 0. The Morgan fingerprint density at radius 2 is 1.83 bits per heavy atom. The van der Waals surface area contributed by atoms with Gasteiger partial charge in [0, 0.05) is 19.1 Å². The van der Waals surface area contributed by atoms with Crippen molar-refractivity contribution in [1.82, 2.24) is 9.80 Å². The molecule has 0 spiro atoms. The first kappa shape index (κ1) is 13.0. The maximum Gasteiger partial charge on any atom is 0.406 e. The third-order valence-electron chi connectivity index (χ3n) is 3.08. The van der Waals surface area contributed by atoms with Crippen LogP contribution >= 0.6 is 0 Å². The molecule has 0 radical (unpaired) electrons. The SMILES string of the molecule is O=C(O)C1CN(C(=O)N(CC(F)(F)F)C2CC2)C1. The van der Waals surface area contributed by atoms with Gasteiger partial charge in [0.1, 0.15) is 6.54 Å². The highest BCUT2D eigenvalue weighted by Crippen LogP contribution is 2.32. The van der Waals surface area contributed by atoms with Crippen LogP contribution in [0.15, 0.2) is 0 Å². The monoisotopic (exact) mass is 266 g/mol. The summed E-state index contributed by atoms with van der Waals surface area (Å²) in [5, 5.41) is 8.65. The predicted octanol–water partition coefficient (Wildman–Crippen LogP) is 1.15. The number of amides is 2. The average molecular weight is 266 g/mol. The van der Waals surface area contributed by atoms with Crippen molar-refractivity contribution in [2.45, 2.75) is 25.1 Å². The van der Waals surface area contributed by atoms with Crippen LogP contribution in [0.2, 0.25) is 0 Å². The number of carbonyl (C=O) groups excluding carboxylic acids is 1. The Bertz CT molecular complexity index is 362.